The van der Waals surface area contributed by atoms with Crippen molar-refractivity contribution in [1.29, 1.82) is 0 Å². The van der Waals surface area contributed by atoms with Gasteiger partial charge in [-0.1, -0.05) is 12.1 Å². The lowest BCUT2D eigenvalue weighted by Crippen LogP contribution is -2.21. The van der Waals surface area contributed by atoms with Crippen LogP contribution in [0.15, 0.2) is 48.8 Å². The summed E-state index contributed by atoms with van der Waals surface area (Å²) in [7, 11) is 0. The molecule has 1 aromatic carbocycles. The minimum Gasteiger partial charge on any atom is -0.390 e. The van der Waals surface area contributed by atoms with E-state index in [1.807, 2.05) is 53.4 Å². The van der Waals surface area contributed by atoms with E-state index in [9.17, 15) is 5.11 Å². The first-order valence-corrected chi connectivity index (χ1v) is 6.05. The number of nitrogens with one attached hydrogen (secondary N) is 1. The first-order chi connectivity index (χ1) is 8.31. The third-order valence-electron chi connectivity index (χ3n) is 2.49. The summed E-state index contributed by atoms with van der Waals surface area (Å²) in [4.78, 5) is 0. The number of rotatable bonds is 5. The number of benzene rings is 1. The molecule has 0 aliphatic carbocycles. The van der Waals surface area contributed by atoms with Crippen LogP contribution in [0.3, 0.4) is 0 Å². The van der Waals surface area contributed by atoms with E-state index in [-0.39, 0.29) is 5.88 Å². The fraction of sp³-hybridized carbons (Fsp3) is 0.231. The Morgan fingerprint density at radius 1 is 1.18 bits per heavy atom. The van der Waals surface area contributed by atoms with Crippen LogP contribution in [0.25, 0.3) is 5.69 Å². The second kappa shape index (κ2) is 5.75. The molecule has 0 saturated heterocycles. The first-order valence-electron chi connectivity index (χ1n) is 5.51. The van der Waals surface area contributed by atoms with Crippen molar-refractivity contribution in [1.82, 2.24) is 4.57 Å². The van der Waals surface area contributed by atoms with Gasteiger partial charge < -0.3 is 15.0 Å². The maximum atomic E-state index is 9.44. The summed E-state index contributed by atoms with van der Waals surface area (Å²) in [6.07, 6.45) is 3.44. The average Bonchev–Trinajstić information content (AvgIpc) is 2.90. The van der Waals surface area contributed by atoms with E-state index in [1.165, 1.54) is 0 Å². The molecule has 0 aliphatic rings. The zero-order valence-electron chi connectivity index (χ0n) is 9.38. The van der Waals surface area contributed by atoms with Crippen LogP contribution in [0.2, 0.25) is 0 Å². The molecular weight excluding hydrogens is 236 g/mol. The van der Waals surface area contributed by atoms with Crippen molar-refractivity contribution in [3.8, 4) is 5.69 Å². The average molecular weight is 251 g/mol. The van der Waals surface area contributed by atoms with E-state index in [2.05, 4.69) is 5.32 Å². The zero-order chi connectivity index (χ0) is 12.1. The molecule has 3 nitrogen and oxygen atoms in total. The minimum atomic E-state index is -0.533. The Hall–Kier alpha value is -1.45. The molecule has 0 bridgehead atoms. The molecule has 0 aliphatic heterocycles. The lowest BCUT2D eigenvalue weighted by atomic mass is 10.2. The highest BCUT2D eigenvalue weighted by Gasteiger charge is 2.05. The highest BCUT2D eigenvalue weighted by atomic mass is 35.5. The molecule has 2 aromatic rings. The molecule has 1 unspecified atom stereocenters. The van der Waals surface area contributed by atoms with E-state index in [1.54, 1.807) is 0 Å². The lowest BCUT2D eigenvalue weighted by molar-refractivity contribution is 0.211. The number of hydrogen-bond donors (Lipinski definition) is 2. The summed E-state index contributed by atoms with van der Waals surface area (Å²) in [5.74, 6) is 0.235. The predicted molar refractivity (Wildman–Crippen MR) is 71.0 cm³/mol. The van der Waals surface area contributed by atoms with Crippen LogP contribution in [-0.4, -0.2) is 28.2 Å². The molecule has 1 heterocycles. The number of alkyl halides is 1. The highest BCUT2D eigenvalue weighted by molar-refractivity contribution is 6.18. The topological polar surface area (TPSA) is 37.2 Å². The molecular formula is C13H15ClN2O. The maximum absolute atomic E-state index is 9.44. The van der Waals surface area contributed by atoms with E-state index in [0.29, 0.717) is 6.54 Å². The van der Waals surface area contributed by atoms with Crippen molar-refractivity contribution in [3.63, 3.8) is 0 Å². The molecule has 0 saturated carbocycles. The van der Waals surface area contributed by atoms with Crippen LogP contribution >= 0.6 is 11.6 Å². The van der Waals surface area contributed by atoms with Crippen LogP contribution in [0.4, 0.5) is 5.69 Å². The lowest BCUT2D eigenvalue weighted by Gasteiger charge is -2.14. The molecule has 0 radical (unpaired) electrons. The molecule has 0 spiro atoms. The number of halogens is 1. The third kappa shape index (κ3) is 3.02. The van der Waals surface area contributed by atoms with Gasteiger partial charge in [-0.15, -0.1) is 11.6 Å². The van der Waals surface area contributed by atoms with Gasteiger partial charge in [0.15, 0.2) is 0 Å². The summed E-state index contributed by atoms with van der Waals surface area (Å²) < 4.78 is 2.02. The van der Waals surface area contributed by atoms with E-state index in [4.69, 9.17) is 11.6 Å². The Morgan fingerprint density at radius 3 is 2.59 bits per heavy atom. The van der Waals surface area contributed by atoms with Crippen molar-refractivity contribution < 1.29 is 5.11 Å². The van der Waals surface area contributed by atoms with Gasteiger partial charge in [0.25, 0.3) is 0 Å². The second-order valence-electron chi connectivity index (χ2n) is 3.80. The Labute approximate surface area is 106 Å². The fourth-order valence-corrected chi connectivity index (χ4v) is 1.73. The zero-order valence-corrected chi connectivity index (χ0v) is 10.1. The number of nitrogens with zero attached hydrogens (tertiary/aromatic N) is 1. The smallest absolute Gasteiger partial charge is 0.0847 e. The van der Waals surface area contributed by atoms with Gasteiger partial charge in [-0.05, 0) is 24.3 Å². The van der Waals surface area contributed by atoms with E-state index < -0.39 is 6.10 Å². The number of aromatic nitrogens is 1. The molecule has 17 heavy (non-hydrogen) atoms. The largest absolute Gasteiger partial charge is 0.390 e. The van der Waals surface area contributed by atoms with Gasteiger partial charge in [-0.2, -0.15) is 0 Å². The molecule has 0 fully saturated rings. The first kappa shape index (κ1) is 12.0. The van der Waals surface area contributed by atoms with Crippen molar-refractivity contribution in [3.05, 3.63) is 48.8 Å². The molecule has 1 aromatic heterocycles. The number of aliphatic hydroxyl groups excluding tert-OH is 1. The number of para-hydroxylation sites is 2. The fourth-order valence-electron chi connectivity index (χ4n) is 1.63. The van der Waals surface area contributed by atoms with E-state index in [0.717, 1.165) is 11.4 Å². The van der Waals surface area contributed by atoms with Crippen LogP contribution in [-0.2, 0) is 0 Å². The van der Waals surface area contributed by atoms with Gasteiger partial charge in [0.2, 0.25) is 0 Å². The van der Waals surface area contributed by atoms with Crippen LogP contribution in [0.1, 0.15) is 0 Å². The van der Waals surface area contributed by atoms with Crippen LogP contribution in [0, 0.1) is 0 Å². The van der Waals surface area contributed by atoms with Crippen molar-refractivity contribution in [2.45, 2.75) is 6.10 Å². The monoisotopic (exact) mass is 250 g/mol. The number of aliphatic hydroxyl groups is 1. The van der Waals surface area contributed by atoms with Gasteiger partial charge in [-0.3, -0.25) is 0 Å². The summed E-state index contributed by atoms with van der Waals surface area (Å²) in [6, 6.07) is 11.9. The summed E-state index contributed by atoms with van der Waals surface area (Å²) in [6.45, 7) is 0.446. The predicted octanol–water partition coefficient (Wildman–Crippen LogP) is 2.49. The van der Waals surface area contributed by atoms with Gasteiger partial charge >= 0.3 is 0 Å². The molecule has 0 amide bonds. The van der Waals surface area contributed by atoms with Crippen LogP contribution < -0.4 is 5.32 Å². The SMILES string of the molecule is OC(CCl)CNc1ccccc1-n1cccc1. The standard InChI is InChI=1S/C13H15ClN2O/c14-9-11(17)10-15-12-5-1-2-6-13(12)16-7-3-4-8-16/h1-8,11,15,17H,9-10H2. The van der Waals surface area contributed by atoms with Crippen molar-refractivity contribution >= 4 is 17.3 Å². The van der Waals surface area contributed by atoms with Gasteiger partial charge in [0.1, 0.15) is 0 Å². The Morgan fingerprint density at radius 2 is 1.88 bits per heavy atom. The Kier molecular flexibility index (Phi) is 4.07. The van der Waals surface area contributed by atoms with E-state index >= 15 is 0 Å². The molecule has 90 valence electrons. The summed E-state index contributed by atoms with van der Waals surface area (Å²) in [5, 5.41) is 12.6. The highest BCUT2D eigenvalue weighted by Crippen LogP contribution is 2.19. The Balaban J connectivity index is 2.17. The minimum absolute atomic E-state index is 0.235. The third-order valence-corrected chi connectivity index (χ3v) is 2.85. The molecule has 2 N–H and O–H groups in total. The van der Waals surface area contributed by atoms with Gasteiger partial charge in [0.05, 0.1) is 23.4 Å². The van der Waals surface area contributed by atoms with Gasteiger partial charge in [-0.25, -0.2) is 0 Å². The summed E-state index contributed by atoms with van der Waals surface area (Å²) >= 11 is 5.56. The number of anilines is 1. The maximum Gasteiger partial charge on any atom is 0.0847 e. The van der Waals surface area contributed by atoms with Crippen LogP contribution in [0.5, 0.6) is 0 Å². The summed E-state index contributed by atoms with van der Waals surface area (Å²) in [5.41, 5.74) is 2.03. The van der Waals surface area contributed by atoms with Crippen molar-refractivity contribution in [2.24, 2.45) is 0 Å². The second-order valence-corrected chi connectivity index (χ2v) is 4.11. The molecule has 1 atom stereocenters. The number of hydrogen-bond acceptors (Lipinski definition) is 2. The Bertz CT molecular complexity index is 456. The molecule has 4 heteroatoms. The quantitative estimate of drug-likeness (QED) is 0.800. The normalized spacial score (nSPS) is 12.4. The van der Waals surface area contributed by atoms with Crippen molar-refractivity contribution in [2.75, 3.05) is 17.7 Å². The molecule has 2 rings (SSSR count). The van der Waals surface area contributed by atoms with Gasteiger partial charge in [0, 0.05) is 18.9 Å².